The van der Waals surface area contributed by atoms with Gasteiger partial charge in [-0.3, -0.25) is 19.2 Å². The quantitative estimate of drug-likeness (QED) is 0.289. The standard InChI is InChI=1S/C31H43N3O8/c1-19-7-10-23(36)18-25-21(3)27(37)31(5,29(39)42-25)26(32-28(38)22(4)35)17-20(2)9-12-24(11-8-19)41-30(40)34-15-13-33(6)14-16-34/h7-10,12,17,21,23-26,36H,11,13-16,18H2,1-6H3,(H,32,38)/b10-7+,12-9+,19-8+,20-17+/t21-,23-,24+,25-,26-,31+/m1/s1. The zero-order valence-electron chi connectivity index (χ0n) is 25.3. The van der Waals surface area contributed by atoms with Crippen LogP contribution >= 0.6 is 0 Å². The van der Waals surface area contributed by atoms with E-state index in [0.717, 1.165) is 25.6 Å². The van der Waals surface area contributed by atoms with Gasteiger partial charge in [-0.05, 0) is 33.9 Å². The molecule has 0 radical (unpaired) electrons. The van der Waals surface area contributed by atoms with Crippen LogP contribution in [0, 0.1) is 11.3 Å². The number of piperazine rings is 1. The maximum Gasteiger partial charge on any atom is 0.410 e. The third-order valence-corrected chi connectivity index (χ3v) is 8.14. The number of carbonyl (C=O) groups excluding carboxylic acids is 5. The van der Waals surface area contributed by atoms with Crippen molar-refractivity contribution in [2.75, 3.05) is 33.2 Å². The van der Waals surface area contributed by atoms with Crippen molar-refractivity contribution in [3.05, 3.63) is 47.6 Å². The average molecular weight is 586 g/mol. The van der Waals surface area contributed by atoms with Crippen molar-refractivity contribution in [1.82, 2.24) is 15.1 Å². The number of rotatable bonds is 3. The van der Waals surface area contributed by atoms with Crippen LogP contribution in [0.25, 0.3) is 0 Å². The van der Waals surface area contributed by atoms with Crippen LogP contribution in [0.1, 0.15) is 47.5 Å². The molecule has 0 aromatic carbocycles. The Morgan fingerprint density at radius 1 is 1.07 bits per heavy atom. The number of aliphatic hydroxyl groups excluding tert-OH is 1. The monoisotopic (exact) mass is 585 g/mol. The van der Waals surface area contributed by atoms with Gasteiger partial charge < -0.3 is 29.7 Å². The largest absolute Gasteiger partial charge is 0.461 e. The molecule has 4 aliphatic rings. The molecule has 2 bridgehead atoms. The lowest BCUT2D eigenvalue weighted by Crippen LogP contribution is -2.61. The molecule has 2 saturated heterocycles. The van der Waals surface area contributed by atoms with Crippen LogP contribution in [0.15, 0.2) is 47.6 Å². The summed E-state index contributed by atoms with van der Waals surface area (Å²) in [6.45, 7) is 10.3. The number of nitrogens with one attached hydrogen (secondary N) is 1. The summed E-state index contributed by atoms with van der Waals surface area (Å²) in [5.41, 5.74) is -0.443. The minimum absolute atomic E-state index is 0.00463. The van der Waals surface area contributed by atoms with Crippen LogP contribution in [0.3, 0.4) is 0 Å². The maximum absolute atomic E-state index is 13.7. The van der Waals surface area contributed by atoms with Crippen LogP contribution in [0.5, 0.6) is 0 Å². The number of ketones is 2. The van der Waals surface area contributed by atoms with Crippen molar-refractivity contribution in [1.29, 1.82) is 0 Å². The molecule has 2 amide bonds. The summed E-state index contributed by atoms with van der Waals surface area (Å²) in [4.78, 5) is 68.1. The second kappa shape index (κ2) is 14.1. The van der Waals surface area contributed by atoms with Gasteiger partial charge in [-0.15, -0.1) is 0 Å². The molecule has 2 fully saturated rings. The molecule has 6 atom stereocenters. The van der Waals surface area contributed by atoms with E-state index in [2.05, 4.69) is 10.2 Å². The molecule has 3 aliphatic heterocycles. The van der Waals surface area contributed by atoms with Crippen molar-refractivity contribution < 1.29 is 38.6 Å². The third-order valence-electron chi connectivity index (χ3n) is 8.14. The number of aliphatic hydroxyl groups is 1. The highest BCUT2D eigenvalue weighted by molar-refractivity contribution is 6.35. The predicted octanol–water partition coefficient (Wildman–Crippen LogP) is 2.11. The van der Waals surface area contributed by atoms with Gasteiger partial charge in [0.2, 0.25) is 5.78 Å². The van der Waals surface area contributed by atoms with Crippen molar-refractivity contribution in [2.45, 2.75) is 71.8 Å². The maximum atomic E-state index is 13.7. The van der Waals surface area contributed by atoms with Crippen LogP contribution in [-0.2, 0) is 28.7 Å². The van der Waals surface area contributed by atoms with Crippen LogP contribution in [0.2, 0.25) is 0 Å². The number of likely N-dealkylation sites (N-methyl/N-ethyl adjacent to an activating group) is 1. The van der Waals surface area contributed by atoms with Crippen LogP contribution in [0.4, 0.5) is 4.79 Å². The molecule has 11 nitrogen and oxygen atoms in total. The molecule has 3 heterocycles. The Morgan fingerprint density at radius 2 is 1.71 bits per heavy atom. The lowest BCUT2D eigenvalue weighted by Gasteiger charge is -2.42. The molecule has 4 rings (SSSR count). The SMILES string of the molecule is CC(=O)C(=O)N[C@@H]1/C=C(C)/C=C/[C@@H](OC(=O)N2CCN(C)CC2)C/C=C(C)/C=C/[C@@H](O)C[C@H]2OC(=O)[C@]1(C)C(=O)[C@@H]2C. The van der Waals surface area contributed by atoms with Gasteiger partial charge in [-0.2, -0.15) is 0 Å². The summed E-state index contributed by atoms with van der Waals surface area (Å²) < 4.78 is 11.5. The first-order valence-corrected chi connectivity index (χ1v) is 14.3. The lowest BCUT2D eigenvalue weighted by atomic mass is 9.69. The molecule has 11 heteroatoms. The first-order valence-electron chi connectivity index (χ1n) is 14.3. The first kappa shape index (κ1) is 32.9. The van der Waals surface area contributed by atoms with Gasteiger partial charge in [0.15, 0.2) is 5.78 Å². The number of hydrogen-bond donors (Lipinski definition) is 2. The number of carbonyl (C=O) groups is 5. The molecule has 1 aliphatic carbocycles. The first-order chi connectivity index (χ1) is 19.7. The van der Waals surface area contributed by atoms with Crippen molar-refractivity contribution in [3.63, 3.8) is 0 Å². The summed E-state index contributed by atoms with van der Waals surface area (Å²) in [6, 6.07) is -1.20. The smallest absolute Gasteiger partial charge is 0.410 e. The minimum atomic E-state index is -1.82. The van der Waals surface area contributed by atoms with E-state index in [-0.39, 0.29) is 6.42 Å². The zero-order chi connectivity index (χ0) is 31.2. The Kier molecular flexibility index (Phi) is 11.0. The molecule has 0 unspecified atom stereocenters. The molecular formula is C31H43N3O8. The predicted molar refractivity (Wildman–Crippen MR) is 155 cm³/mol. The van der Waals surface area contributed by atoms with E-state index < -0.39 is 65.2 Å². The number of Topliss-reactive ketones (excluding diaryl/α,β-unsaturated/α-hetero) is 2. The van der Waals surface area contributed by atoms with E-state index in [1.165, 1.54) is 13.0 Å². The molecule has 0 saturated carbocycles. The van der Waals surface area contributed by atoms with Gasteiger partial charge in [-0.1, -0.05) is 48.5 Å². The van der Waals surface area contributed by atoms with Crippen LogP contribution < -0.4 is 5.32 Å². The summed E-state index contributed by atoms with van der Waals surface area (Å²) in [6.07, 6.45) is 7.51. The van der Waals surface area contributed by atoms with Gasteiger partial charge in [-0.25, -0.2) is 4.79 Å². The highest BCUT2D eigenvalue weighted by atomic mass is 16.6. The number of amides is 2. The van der Waals surface area contributed by atoms with E-state index in [4.69, 9.17) is 9.47 Å². The number of hydrogen-bond acceptors (Lipinski definition) is 9. The highest BCUT2D eigenvalue weighted by Crippen LogP contribution is 2.38. The molecule has 2 N–H and O–H groups in total. The van der Waals surface area contributed by atoms with E-state index in [1.807, 2.05) is 20.0 Å². The number of nitrogens with zero attached hydrogens (tertiary/aromatic N) is 2. The molecule has 230 valence electrons. The number of ether oxygens (including phenoxy) is 2. The van der Waals surface area contributed by atoms with E-state index in [9.17, 15) is 29.1 Å². The van der Waals surface area contributed by atoms with E-state index in [1.54, 1.807) is 43.1 Å². The summed E-state index contributed by atoms with van der Waals surface area (Å²) >= 11 is 0. The fourth-order valence-corrected chi connectivity index (χ4v) is 5.12. The number of esters is 1. The Hall–Kier alpha value is -3.57. The summed E-state index contributed by atoms with van der Waals surface area (Å²) in [5, 5.41) is 13.2. The van der Waals surface area contributed by atoms with Crippen LogP contribution in [-0.4, -0.2) is 102 Å². The van der Waals surface area contributed by atoms with Gasteiger partial charge in [0.1, 0.15) is 17.6 Å². The fraction of sp³-hybridized carbons (Fsp3) is 0.581. The van der Waals surface area contributed by atoms with Gasteiger partial charge in [0.25, 0.3) is 5.91 Å². The zero-order valence-corrected chi connectivity index (χ0v) is 25.3. The molecule has 0 spiro atoms. The Bertz CT molecular complexity index is 1200. The van der Waals surface area contributed by atoms with Crippen molar-refractivity contribution >= 4 is 29.5 Å². The highest BCUT2D eigenvalue weighted by Gasteiger charge is 2.56. The molecule has 0 aromatic heterocycles. The van der Waals surface area contributed by atoms with Gasteiger partial charge in [0, 0.05) is 45.9 Å². The molecular weight excluding hydrogens is 542 g/mol. The normalized spacial score (nSPS) is 35.5. The fourth-order valence-electron chi connectivity index (χ4n) is 5.12. The van der Waals surface area contributed by atoms with E-state index >= 15 is 0 Å². The Morgan fingerprint density at radius 3 is 2.36 bits per heavy atom. The third kappa shape index (κ3) is 8.04. The molecule has 42 heavy (non-hydrogen) atoms. The van der Waals surface area contributed by atoms with Crippen molar-refractivity contribution in [2.24, 2.45) is 11.3 Å². The minimum Gasteiger partial charge on any atom is -0.461 e. The number of fused-ring (bicyclic) bond motifs is 10. The summed E-state index contributed by atoms with van der Waals surface area (Å²) in [7, 11) is 1.99. The van der Waals surface area contributed by atoms with E-state index in [0.29, 0.717) is 25.1 Å². The second-order valence-electron chi connectivity index (χ2n) is 11.6. The van der Waals surface area contributed by atoms with Gasteiger partial charge >= 0.3 is 12.1 Å². The average Bonchev–Trinajstić information content (AvgIpc) is 2.94. The van der Waals surface area contributed by atoms with Gasteiger partial charge in [0.05, 0.1) is 18.1 Å². The Balaban J connectivity index is 2.01. The Labute approximate surface area is 247 Å². The lowest BCUT2D eigenvalue weighted by molar-refractivity contribution is -0.181. The number of allylic oxidation sites excluding steroid dienone is 4. The summed E-state index contributed by atoms with van der Waals surface area (Å²) in [5.74, 6) is -3.83. The second-order valence-corrected chi connectivity index (χ2v) is 11.6. The topological polar surface area (TPSA) is 143 Å². The molecule has 0 aromatic rings. The van der Waals surface area contributed by atoms with Crippen molar-refractivity contribution in [3.8, 4) is 0 Å².